The van der Waals surface area contributed by atoms with Crippen molar-refractivity contribution in [1.29, 1.82) is 0 Å². The summed E-state index contributed by atoms with van der Waals surface area (Å²) < 4.78 is 0. The van der Waals surface area contributed by atoms with Crippen molar-refractivity contribution in [2.75, 3.05) is 0 Å². The van der Waals surface area contributed by atoms with E-state index in [0.29, 0.717) is 0 Å². The minimum absolute atomic E-state index is 0.270. The molecule has 2 fully saturated rings. The zero-order valence-electron chi connectivity index (χ0n) is 5.91. The van der Waals surface area contributed by atoms with Crippen molar-refractivity contribution in [3.8, 4) is 0 Å². The molecular weight excluding hydrogens is 200 g/mol. The highest BCUT2D eigenvalue weighted by atomic mass is 29.2. The van der Waals surface area contributed by atoms with Crippen molar-refractivity contribution < 1.29 is 0 Å². The van der Waals surface area contributed by atoms with Gasteiger partial charge in [0.1, 0.15) is 0 Å². The molecule has 0 nitrogen and oxygen atoms in total. The predicted octanol–water partition coefficient (Wildman–Crippen LogP) is 0.277. The normalized spacial score (nSPS) is 35.4. The van der Waals surface area contributed by atoms with E-state index in [4.69, 9.17) is 0 Å². The summed E-state index contributed by atoms with van der Waals surface area (Å²) in [6, 6.07) is 1.66. The van der Waals surface area contributed by atoms with Gasteiger partial charge in [-0.3, -0.25) is 0 Å². The summed E-state index contributed by atoms with van der Waals surface area (Å²) in [5.74, 6) is 0. The van der Waals surface area contributed by atoms with E-state index in [-0.39, 0.29) is 8.31 Å². The van der Waals surface area contributed by atoms with Gasteiger partial charge >= 0.3 is 0 Å². The molecule has 9 radical (unpaired) electrons. The van der Waals surface area contributed by atoms with Crippen molar-refractivity contribution in [3.05, 3.63) is 0 Å². The Labute approximate surface area is 74.3 Å². The summed E-state index contributed by atoms with van der Waals surface area (Å²) in [7, 11) is 5.87. The van der Waals surface area contributed by atoms with Crippen LogP contribution in [0.1, 0.15) is 0 Å². The molecule has 2 rings (SSSR count). The summed E-state index contributed by atoms with van der Waals surface area (Å²) in [6.45, 7) is 0. The van der Waals surface area contributed by atoms with Gasteiger partial charge in [-0.2, -0.15) is 0 Å². The van der Waals surface area contributed by atoms with Crippen LogP contribution in [0.3, 0.4) is 0 Å². The molecule has 0 aromatic heterocycles. The number of hydrogen-bond acceptors (Lipinski definition) is 0. The van der Waals surface area contributed by atoms with Gasteiger partial charge in [-0.15, -0.1) is 0 Å². The monoisotopic (exact) mass is 209 g/mol. The Hall–Kier alpha value is 1.08. The fourth-order valence-corrected chi connectivity index (χ4v) is 23.8. The van der Waals surface area contributed by atoms with E-state index in [1.807, 2.05) is 0 Å². The molecule has 2 heterocycles. The summed E-state index contributed by atoms with van der Waals surface area (Å²) in [4.78, 5) is 0. The first-order chi connectivity index (χ1) is 4.97. The largest absolute Gasteiger partial charge is 0.0714 e. The van der Waals surface area contributed by atoms with E-state index in [1.54, 1.807) is 23.0 Å². The number of fused-ring (bicyclic) bond motifs is 1. The van der Waals surface area contributed by atoms with Gasteiger partial charge < -0.3 is 0 Å². The quantitative estimate of drug-likeness (QED) is 0.503. The first kappa shape index (κ1) is 7.72. The van der Waals surface area contributed by atoms with Crippen LogP contribution >= 0.6 is 0 Å². The molecule has 49 valence electrons. The Morgan fingerprint density at radius 3 is 3.10 bits per heavy atom. The van der Waals surface area contributed by atoms with Crippen molar-refractivity contribution in [3.63, 3.8) is 0 Å². The molecule has 1 atom stereocenters. The lowest BCUT2D eigenvalue weighted by Crippen LogP contribution is -2.42. The molecule has 5 heteroatoms. The van der Waals surface area contributed by atoms with Crippen LogP contribution in [0.15, 0.2) is 0 Å². The lowest BCUT2D eigenvalue weighted by atomic mass is 10.9. The molecule has 0 aromatic carbocycles. The van der Waals surface area contributed by atoms with Crippen LogP contribution in [-0.4, -0.2) is 45.9 Å². The Morgan fingerprint density at radius 2 is 2.20 bits per heavy atom. The summed E-state index contributed by atoms with van der Waals surface area (Å²) >= 11 is 0. The first-order valence-electron chi connectivity index (χ1n) is 3.71. The molecule has 0 spiro atoms. The van der Waals surface area contributed by atoms with Crippen LogP contribution in [0.25, 0.3) is 0 Å². The lowest BCUT2D eigenvalue weighted by Gasteiger charge is -2.32. The molecule has 0 aromatic rings. The van der Waals surface area contributed by atoms with E-state index in [1.165, 1.54) is 42.8 Å². The molecule has 0 amide bonds. The zero-order valence-corrected chi connectivity index (χ0v) is 10.9. The highest BCUT2D eigenvalue weighted by molar-refractivity contribution is 7.21. The molecule has 0 N–H and O–H groups in total. The molecule has 0 saturated carbocycles. The summed E-state index contributed by atoms with van der Waals surface area (Å²) in [5.41, 5.74) is 4.97. The molecule has 1 unspecified atom stereocenters. The van der Waals surface area contributed by atoms with Gasteiger partial charge in [-0.1, -0.05) is 28.2 Å². The zero-order chi connectivity index (χ0) is 6.81. The molecule has 2 saturated heterocycles. The molecule has 2 aliphatic heterocycles. The molecule has 2 aliphatic rings. The van der Waals surface area contributed by atoms with Gasteiger partial charge in [0.05, 0.1) is 0 Å². The van der Waals surface area contributed by atoms with Crippen molar-refractivity contribution in [1.82, 2.24) is 0 Å². The van der Waals surface area contributed by atoms with E-state index >= 15 is 0 Å². The van der Waals surface area contributed by atoms with Crippen LogP contribution in [0.2, 0.25) is 28.2 Å². The van der Waals surface area contributed by atoms with Crippen LogP contribution in [0.4, 0.5) is 0 Å². The van der Waals surface area contributed by atoms with E-state index in [2.05, 4.69) is 0 Å². The maximum absolute atomic E-state index is 1.71. The predicted molar refractivity (Wildman–Crippen MR) is 51.7 cm³/mol. The fourth-order valence-electron chi connectivity index (χ4n) is 1.41. The van der Waals surface area contributed by atoms with Crippen LogP contribution in [0, 0.1) is 0 Å². The van der Waals surface area contributed by atoms with Gasteiger partial charge in [0.2, 0.25) is 0 Å². The van der Waals surface area contributed by atoms with Crippen LogP contribution in [0.5, 0.6) is 0 Å². The third kappa shape index (κ3) is 1.63. The molecule has 0 bridgehead atoms. The first-order valence-corrected chi connectivity index (χ1v) is 11.8. The van der Waals surface area contributed by atoms with Gasteiger partial charge in [-0.25, -0.2) is 0 Å². The maximum Gasteiger partial charge on any atom is 0.0339 e. The second-order valence-electron chi connectivity index (χ2n) is 2.69. The smallest absolute Gasteiger partial charge is 0.0339 e. The maximum atomic E-state index is 1.71. The number of hydrogen-bond donors (Lipinski definition) is 0. The van der Waals surface area contributed by atoms with Gasteiger partial charge in [0.25, 0.3) is 0 Å². The molecule has 0 aliphatic carbocycles. The average molecular weight is 210 g/mol. The standard InChI is InChI=1S/C5H9Si5/c1-5-8-2-7-4-10(5)9-3-6-1/h5H,1-4H2. The van der Waals surface area contributed by atoms with Crippen molar-refractivity contribution in [2.45, 2.75) is 28.2 Å². The minimum atomic E-state index is 0.270. The average Bonchev–Trinajstić information content (AvgIpc) is 2.05. The highest BCUT2D eigenvalue weighted by Gasteiger charge is 2.29. The Kier molecular flexibility index (Phi) is 2.82. The SMILES string of the molecule is C1[Si]C[Si]2[Si]C[Si]CC2[Si]1. The summed E-state index contributed by atoms with van der Waals surface area (Å²) in [5, 5.41) is 1.32. The van der Waals surface area contributed by atoms with E-state index in [9.17, 15) is 0 Å². The van der Waals surface area contributed by atoms with E-state index < -0.39 is 0 Å². The van der Waals surface area contributed by atoms with Gasteiger partial charge in [0, 0.05) is 45.9 Å². The topological polar surface area (TPSA) is 0 Å². The second kappa shape index (κ2) is 3.66. The number of rotatable bonds is 0. The van der Waals surface area contributed by atoms with Gasteiger partial charge in [-0.05, 0) is 0 Å². The molecular formula is C5H9Si5. The van der Waals surface area contributed by atoms with Gasteiger partial charge in [0.15, 0.2) is 0 Å². The fraction of sp³-hybridized carbons (Fsp3) is 1.00. The van der Waals surface area contributed by atoms with E-state index in [0.717, 1.165) is 0 Å². The third-order valence-electron chi connectivity index (χ3n) is 2.00. The van der Waals surface area contributed by atoms with Crippen molar-refractivity contribution in [2.24, 2.45) is 0 Å². The Morgan fingerprint density at radius 1 is 1.20 bits per heavy atom. The Balaban J connectivity index is 1.93. The minimum Gasteiger partial charge on any atom is -0.0714 e. The molecule has 10 heavy (non-hydrogen) atoms. The second-order valence-corrected chi connectivity index (χ2v) is 15.1. The summed E-state index contributed by atoms with van der Waals surface area (Å²) in [6.07, 6.45) is 0. The van der Waals surface area contributed by atoms with Crippen molar-refractivity contribution >= 4 is 45.9 Å². The third-order valence-corrected chi connectivity index (χ3v) is 19.9. The van der Waals surface area contributed by atoms with Crippen LogP contribution < -0.4 is 0 Å². The lowest BCUT2D eigenvalue weighted by molar-refractivity contribution is 1.24. The van der Waals surface area contributed by atoms with Crippen LogP contribution in [-0.2, 0) is 0 Å². The highest BCUT2D eigenvalue weighted by Crippen LogP contribution is 2.26. The Bertz CT molecular complexity index is 90.6.